The average Bonchev–Trinajstić information content (AvgIpc) is 3.14. The lowest BCUT2D eigenvalue weighted by molar-refractivity contribution is -0.138. The number of alkyl halides is 3. The lowest BCUT2D eigenvalue weighted by Crippen LogP contribution is -2.44. The van der Waals surface area contributed by atoms with E-state index < -0.39 is 17.6 Å². The molecule has 23 heavy (non-hydrogen) atoms. The Hall–Kier alpha value is -1.27. The fourth-order valence-electron chi connectivity index (χ4n) is 3.78. The van der Waals surface area contributed by atoms with Gasteiger partial charge in [-0.25, -0.2) is 0 Å². The van der Waals surface area contributed by atoms with Crippen molar-refractivity contribution in [2.75, 3.05) is 19.6 Å². The summed E-state index contributed by atoms with van der Waals surface area (Å²) in [4.78, 5) is 14.0. The number of hydrogen-bond donors (Lipinski definition) is 1. The van der Waals surface area contributed by atoms with Gasteiger partial charge >= 0.3 is 6.18 Å². The van der Waals surface area contributed by atoms with Crippen LogP contribution < -0.4 is 5.32 Å². The summed E-state index contributed by atoms with van der Waals surface area (Å²) < 4.78 is 40.4. The van der Waals surface area contributed by atoms with Crippen LogP contribution in [0.5, 0.6) is 0 Å². The van der Waals surface area contributed by atoms with Gasteiger partial charge in [-0.1, -0.05) is 13.0 Å². The highest BCUT2D eigenvalue weighted by Gasteiger charge is 2.47. The largest absolute Gasteiger partial charge is 0.417 e. The van der Waals surface area contributed by atoms with E-state index in [1.807, 2.05) is 13.0 Å². The predicted molar refractivity (Wildman–Crippen MR) is 81.9 cm³/mol. The van der Waals surface area contributed by atoms with Gasteiger partial charge in [0.05, 0.1) is 17.2 Å². The van der Waals surface area contributed by atoms with Crippen molar-refractivity contribution in [2.45, 2.75) is 31.5 Å². The Balaban J connectivity index is 0.00000156. The maximum absolute atomic E-state index is 13.5. The van der Waals surface area contributed by atoms with Crippen molar-refractivity contribution >= 4 is 18.3 Å². The summed E-state index contributed by atoms with van der Waals surface area (Å²) >= 11 is 0. The minimum Gasteiger partial charge on any atom is -0.329 e. The average molecular weight is 347 g/mol. The summed E-state index contributed by atoms with van der Waals surface area (Å²) in [5, 5.41) is 3.17. The molecule has 1 saturated carbocycles. The van der Waals surface area contributed by atoms with Gasteiger partial charge in [0.15, 0.2) is 0 Å². The van der Waals surface area contributed by atoms with Crippen LogP contribution in [0.2, 0.25) is 0 Å². The second-order valence-electron chi connectivity index (χ2n) is 6.57. The van der Waals surface area contributed by atoms with Crippen molar-refractivity contribution in [3.63, 3.8) is 0 Å². The first-order chi connectivity index (χ1) is 10.4. The third-order valence-electron chi connectivity index (χ3n) is 5.11. The molecule has 0 unspecified atom stereocenters. The molecule has 2 fully saturated rings. The molecule has 0 bridgehead atoms. The lowest BCUT2D eigenvalue weighted by atomic mass is 9.93. The van der Waals surface area contributed by atoms with Crippen LogP contribution in [0.25, 0.3) is 0 Å². The summed E-state index contributed by atoms with van der Waals surface area (Å²) in [5.41, 5.74) is 0.414. The first kappa shape index (κ1) is 16.6. The fourth-order valence-corrected chi connectivity index (χ4v) is 3.78. The van der Waals surface area contributed by atoms with E-state index in [9.17, 15) is 18.0 Å². The number of nitrogens with one attached hydrogen (secondary N) is 1. The van der Waals surface area contributed by atoms with E-state index in [4.69, 9.17) is 0 Å². The number of halogens is 4. The van der Waals surface area contributed by atoms with Crippen molar-refractivity contribution in [3.8, 4) is 0 Å². The van der Waals surface area contributed by atoms with Gasteiger partial charge < -0.3 is 10.2 Å². The Labute approximate surface area is 138 Å². The van der Waals surface area contributed by atoms with Crippen LogP contribution in [0.15, 0.2) is 12.1 Å². The van der Waals surface area contributed by atoms with Gasteiger partial charge in [-0.15, -0.1) is 12.4 Å². The van der Waals surface area contributed by atoms with E-state index in [1.54, 1.807) is 4.90 Å². The topological polar surface area (TPSA) is 32.3 Å². The molecule has 1 amide bonds. The Morgan fingerprint density at radius 1 is 1.30 bits per heavy atom. The normalized spacial score (nSPS) is 29.0. The molecule has 0 radical (unpaired) electrons. The molecule has 1 aromatic carbocycles. The zero-order valence-electron chi connectivity index (χ0n) is 12.6. The highest BCUT2D eigenvalue weighted by Crippen LogP contribution is 2.51. The molecule has 4 rings (SSSR count). The van der Waals surface area contributed by atoms with Gasteiger partial charge in [0.1, 0.15) is 0 Å². The number of hydrogen-bond acceptors (Lipinski definition) is 2. The molecule has 126 valence electrons. The van der Waals surface area contributed by atoms with Gasteiger partial charge in [-0.2, -0.15) is 13.2 Å². The minimum absolute atomic E-state index is 0. The van der Waals surface area contributed by atoms with Crippen LogP contribution in [0, 0.1) is 5.92 Å². The Morgan fingerprint density at radius 3 is 2.61 bits per heavy atom. The molecule has 1 N–H and O–H groups in total. The van der Waals surface area contributed by atoms with E-state index in [1.165, 1.54) is 6.07 Å². The molecule has 3 aliphatic rings. The van der Waals surface area contributed by atoms with Gasteiger partial charge in [-0.3, -0.25) is 4.79 Å². The number of fused-ring (bicyclic) bond motifs is 3. The second kappa shape index (κ2) is 5.38. The molecule has 1 saturated heterocycles. The molecule has 2 aliphatic heterocycles. The summed E-state index contributed by atoms with van der Waals surface area (Å²) in [6.45, 7) is 3.67. The molecule has 3 atom stereocenters. The highest BCUT2D eigenvalue weighted by atomic mass is 35.5. The number of carbonyl (C=O) groups is 1. The smallest absolute Gasteiger partial charge is 0.329 e. The van der Waals surface area contributed by atoms with Crippen molar-refractivity contribution in [2.24, 2.45) is 5.92 Å². The van der Waals surface area contributed by atoms with Crippen LogP contribution in [0.3, 0.4) is 0 Å². The standard InChI is InChI=1S/C16H17F3N2O.ClH/c1-8-4-10(8)9-5-11-13-7-20-2-3-21(13)15(22)14(11)12(6-9)16(17,18)19;/h5-6,8,10,13,20H,2-4,7H2,1H3;1H/t8-,10+,13+;/m1./s1. The Bertz CT molecular complexity index is 661. The van der Waals surface area contributed by atoms with Gasteiger partial charge in [0, 0.05) is 19.6 Å². The first-order valence-electron chi connectivity index (χ1n) is 7.64. The molecule has 0 aromatic heterocycles. The maximum atomic E-state index is 13.5. The predicted octanol–water partition coefficient (Wildman–Crippen LogP) is 3.35. The molecule has 0 spiro atoms. The van der Waals surface area contributed by atoms with Crippen LogP contribution in [0.4, 0.5) is 13.2 Å². The monoisotopic (exact) mass is 346 g/mol. The first-order valence-corrected chi connectivity index (χ1v) is 7.64. The number of piperazine rings is 1. The fraction of sp³-hybridized carbons (Fsp3) is 0.562. The third-order valence-corrected chi connectivity index (χ3v) is 5.11. The molecule has 7 heteroatoms. The Morgan fingerprint density at radius 2 is 2.00 bits per heavy atom. The van der Waals surface area contributed by atoms with Crippen LogP contribution in [-0.2, 0) is 6.18 Å². The third kappa shape index (κ3) is 2.52. The second-order valence-corrected chi connectivity index (χ2v) is 6.57. The number of benzene rings is 1. The lowest BCUT2D eigenvalue weighted by Gasteiger charge is -2.30. The number of nitrogens with zero attached hydrogens (tertiary/aromatic N) is 1. The summed E-state index contributed by atoms with van der Waals surface area (Å²) in [7, 11) is 0. The van der Waals surface area contributed by atoms with Crippen molar-refractivity contribution < 1.29 is 18.0 Å². The summed E-state index contributed by atoms with van der Waals surface area (Å²) in [6.07, 6.45) is -3.56. The molecule has 1 aliphatic carbocycles. The van der Waals surface area contributed by atoms with Crippen LogP contribution in [-0.4, -0.2) is 30.4 Å². The van der Waals surface area contributed by atoms with Gasteiger partial charge in [0.25, 0.3) is 5.91 Å². The van der Waals surface area contributed by atoms with Crippen molar-refractivity contribution in [1.29, 1.82) is 0 Å². The number of carbonyl (C=O) groups excluding carboxylic acids is 1. The zero-order chi connectivity index (χ0) is 15.6. The SMILES string of the molecule is C[C@@H]1C[C@@H]1c1cc2c(c(C(F)(F)F)c1)C(=O)N1CCNC[C@@H]21.Cl. The van der Waals surface area contributed by atoms with E-state index in [-0.39, 0.29) is 29.9 Å². The van der Waals surface area contributed by atoms with Gasteiger partial charge in [-0.05, 0) is 35.4 Å². The maximum Gasteiger partial charge on any atom is 0.417 e. The summed E-state index contributed by atoms with van der Waals surface area (Å²) in [5.74, 6) is 0.160. The molecule has 3 nitrogen and oxygen atoms in total. The molecule has 2 heterocycles. The summed E-state index contributed by atoms with van der Waals surface area (Å²) in [6, 6.07) is 2.79. The zero-order valence-corrected chi connectivity index (χ0v) is 13.4. The van der Waals surface area contributed by atoms with Crippen LogP contribution in [0.1, 0.15) is 52.4 Å². The molecular weight excluding hydrogens is 329 g/mol. The van der Waals surface area contributed by atoms with Crippen LogP contribution >= 0.6 is 12.4 Å². The quantitative estimate of drug-likeness (QED) is 0.845. The van der Waals surface area contributed by atoms with E-state index in [2.05, 4.69) is 5.32 Å². The molecule has 1 aromatic rings. The number of rotatable bonds is 1. The number of amides is 1. The van der Waals surface area contributed by atoms with Crippen molar-refractivity contribution in [1.82, 2.24) is 10.2 Å². The molecular formula is C16H18ClF3N2O. The Kier molecular flexibility index (Phi) is 3.88. The van der Waals surface area contributed by atoms with E-state index in [0.29, 0.717) is 31.1 Å². The highest BCUT2D eigenvalue weighted by molar-refractivity contribution is 6.01. The van der Waals surface area contributed by atoms with E-state index >= 15 is 0 Å². The van der Waals surface area contributed by atoms with E-state index in [0.717, 1.165) is 12.0 Å². The minimum atomic E-state index is -4.49. The van der Waals surface area contributed by atoms with Crippen molar-refractivity contribution in [3.05, 3.63) is 34.4 Å². The van der Waals surface area contributed by atoms with Gasteiger partial charge in [0.2, 0.25) is 0 Å².